The summed E-state index contributed by atoms with van der Waals surface area (Å²) < 4.78 is 29.2. The van der Waals surface area contributed by atoms with Gasteiger partial charge in [-0.05, 0) is 11.5 Å². The molecule has 1 aromatic rings. The van der Waals surface area contributed by atoms with Crippen LogP contribution in [0.5, 0.6) is 0 Å². The lowest BCUT2D eigenvalue weighted by Gasteiger charge is -1.99. The molecule has 0 unspecified atom stereocenters. The van der Waals surface area contributed by atoms with E-state index < -0.39 is 42.3 Å². The third kappa shape index (κ3) is 1.58. The SMILES string of the molecule is [2H]c1c([2H])c([2H])c(B(O)O)c(C#N)c1[2H]. The van der Waals surface area contributed by atoms with Crippen LogP contribution in [0.3, 0.4) is 0 Å². The summed E-state index contributed by atoms with van der Waals surface area (Å²) in [6, 6.07) is -0.817. The summed E-state index contributed by atoms with van der Waals surface area (Å²) in [6.45, 7) is 0. The molecule has 54 valence electrons. The van der Waals surface area contributed by atoms with Gasteiger partial charge in [-0.1, -0.05) is 18.1 Å². The van der Waals surface area contributed by atoms with Gasteiger partial charge in [0.25, 0.3) is 0 Å². The largest absolute Gasteiger partial charge is 0.489 e. The van der Waals surface area contributed by atoms with Crippen LogP contribution in [-0.4, -0.2) is 17.2 Å². The molecule has 0 heterocycles. The Morgan fingerprint density at radius 3 is 2.64 bits per heavy atom. The Morgan fingerprint density at radius 1 is 1.45 bits per heavy atom. The molecule has 0 radical (unpaired) electrons. The quantitative estimate of drug-likeness (QED) is 0.518. The molecule has 1 rings (SSSR count). The first kappa shape index (κ1) is 3.91. The lowest BCUT2D eigenvalue weighted by Crippen LogP contribution is -2.31. The van der Waals surface area contributed by atoms with Gasteiger partial charge in [-0.3, -0.25) is 0 Å². The van der Waals surface area contributed by atoms with Crippen LogP contribution in [0.1, 0.15) is 11.0 Å². The summed E-state index contributed by atoms with van der Waals surface area (Å²) in [7, 11) is -2.10. The molecule has 11 heavy (non-hydrogen) atoms. The van der Waals surface area contributed by atoms with E-state index in [2.05, 4.69) is 0 Å². The average molecular weight is 151 g/mol. The first-order valence-corrected chi connectivity index (χ1v) is 2.78. The smallest absolute Gasteiger partial charge is 0.423 e. The van der Waals surface area contributed by atoms with Crippen LogP contribution in [-0.2, 0) is 0 Å². The Bertz CT molecular complexity index is 458. The number of hydrogen-bond acceptors (Lipinski definition) is 3. The minimum absolute atomic E-state index is 0.448. The second-order valence-electron chi connectivity index (χ2n) is 1.77. The van der Waals surface area contributed by atoms with Crippen molar-refractivity contribution in [1.82, 2.24) is 0 Å². The van der Waals surface area contributed by atoms with Gasteiger partial charge < -0.3 is 10.0 Å². The zero-order valence-corrected chi connectivity index (χ0v) is 5.42. The van der Waals surface area contributed by atoms with E-state index in [1.807, 2.05) is 0 Å². The highest BCUT2D eigenvalue weighted by Gasteiger charge is 2.14. The van der Waals surface area contributed by atoms with Crippen molar-refractivity contribution in [3.8, 4) is 6.07 Å². The zero-order chi connectivity index (χ0) is 11.7. The van der Waals surface area contributed by atoms with Crippen LogP contribution in [0.2, 0.25) is 0 Å². The Morgan fingerprint density at radius 2 is 2.09 bits per heavy atom. The predicted molar refractivity (Wildman–Crippen MR) is 41.0 cm³/mol. The molecule has 0 aliphatic heterocycles. The standard InChI is InChI=1S/C7H6BNO2/c9-5-6-3-1-2-4-7(6)8(10)11/h1-4,10-11H/i1D,2D,3D,4D. The lowest BCUT2D eigenvalue weighted by atomic mass is 9.77. The normalized spacial score (nSPS) is 13.9. The molecule has 0 spiro atoms. The van der Waals surface area contributed by atoms with E-state index in [1.165, 1.54) is 6.07 Å². The van der Waals surface area contributed by atoms with Crippen molar-refractivity contribution in [3.63, 3.8) is 0 Å². The Labute approximate surface area is 70.3 Å². The summed E-state index contributed by atoms with van der Waals surface area (Å²) in [5, 5.41) is 26.5. The van der Waals surface area contributed by atoms with E-state index in [-0.39, 0.29) is 0 Å². The lowest BCUT2D eigenvalue weighted by molar-refractivity contribution is 0.425. The maximum absolute atomic E-state index is 8.91. The second-order valence-corrected chi connectivity index (χ2v) is 1.77. The van der Waals surface area contributed by atoms with E-state index in [0.29, 0.717) is 0 Å². The van der Waals surface area contributed by atoms with Crippen molar-refractivity contribution in [1.29, 1.82) is 5.26 Å². The number of rotatable bonds is 1. The van der Waals surface area contributed by atoms with Gasteiger partial charge in [-0.15, -0.1) is 0 Å². The highest BCUT2D eigenvalue weighted by molar-refractivity contribution is 6.59. The number of nitriles is 1. The Balaban J connectivity index is 3.72. The second kappa shape index (κ2) is 3.19. The van der Waals surface area contributed by atoms with E-state index in [9.17, 15) is 0 Å². The Hall–Kier alpha value is -1.31. The molecule has 0 atom stereocenters. The van der Waals surface area contributed by atoms with Gasteiger partial charge in [0.1, 0.15) is 0 Å². The summed E-state index contributed by atoms with van der Waals surface area (Å²) in [5.41, 5.74) is -0.945. The molecule has 0 fully saturated rings. The maximum Gasteiger partial charge on any atom is 0.489 e. The topological polar surface area (TPSA) is 64.2 Å². The van der Waals surface area contributed by atoms with Gasteiger partial charge >= 0.3 is 7.12 Å². The molecule has 0 aliphatic rings. The van der Waals surface area contributed by atoms with Gasteiger partial charge in [-0.25, -0.2) is 0 Å². The van der Waals surface area contributed by atoms with E-state index in [1.54, 1.807) is 0 Å². The highest BCUT2D eigenvalue weighted by Crippen LogP contribution is 1.93. The van der Waals surface area contributed by atoms with Crippen molar-refractivity contribution in [2.75, 3.05) is 0 Å². The van der Waals surface area contributed by atoms with Crippen LogP contribution in [0.4, 0.5) is 0 Å². The third-order valence-electron chi connectivity index (χ3n) is 1.09. The van der Waals surface area contributed by atoms with Crippen LogP contribution in [0.25, 0.3) is 0 Å². The molecule has 0 amide bonds. The molecule has 3 nitrogen and oxygen atoms in total. The predicted octanol–water partition coefficient (Wildman–Crippen LogP) is -0.762. The average Bonchev–Trinajstić information content (AvgIpc) is 2.19. The first-order chi connectivity index (χ1) is 6.91. The van der Waals surface area contributed by atoms with Gasteiger partial charge in [0.2, 0.25) is 0 Å². The molecule has 1 aromatic carbocycles. The fraction of sp³-hybridized carbons (Fsp3) is 0. The molecule has 0 aliphatic carbocycles. The molecule has 2 N–H and O–H groups in total. The zero-order valence-electron chi connectivity index (χ0n) is 9.42. The third-order valence-corrected chi connectivity index (χ3v) is 1.09. The van der Waals surface area contributed by atoms with E-state index in [4.69, 9.17) is 20.8 Å². The van der Waals surface area contributed by atoms with Crippen molar-refractivity contribution in [3.05, 3.63) is 29.7 Å². The monoisotopic (exact) mass is 151 g/mol. The highest BCUT2D eigenvalue weighted by atomic mass is 16.4. The first-order valence-electron chi connectivity index (χ1n) is 4.78. The molecular formula is C7H6BNO2. The van der Waals surface area contributed by atoms with Crippen LogP contribution in [0, 0.1) is 11.3 Å². The van der Waals surface area contributed by atoms with Crippen LogP contribution >= 0.6 is 0 Å². The van der Waals surface area contributed by atoms with Crippen molar-refractivity contribution in [2.45, 2.75) is 0 Å². The number of nitrogens with zero attached hydrogens (tertiary/aromatic N) is 1. The van der Waals surface area contributed by atoms with Crippen molar-refractivity contribution < 1.29 is 15.5 Å². The van der Waals surface area contributed by atoms with Gasteiger partial charge in [0, 0.05) is 0 Å². The van der Waals surface area contributed by atoms with Crippen molar-refractivity contribution in [2.24, 2.45) is 0 Å². The summed E-state index contributed by atoms with van der Waals surface area (Å²) in [4.78, 5) is 0. The number of benzene rings is 1. The van der Waals surface area contributed by atoms with E-state index >= 15 is 0 Å². The van der Waals surface area contributed by atoms with E-state index in [0.717, 1.165) is 0 Å². The Kier molecular flexibility index (Phi) is 1.13. The summed E-state index contributed by atoms with van der Waals surface area (Å²) in [6.07, 6.45) is 0. The van der Waals surface area contributed by atoms with Crippen LogP contribution < -0.4 is 5.46 Å². The number of hydrogen-bond donors (Lipinski definition) is 2. The molecule has 0 aromatic heterocycles. The fourth-order valence-corrected chi connectivity index (χ4v) is 0.604. The minimum atomic E-state index is -2.10. The maximum atomic E-state index is 8.91. The molecule has 0 saturated heterocycles. The fourth-order valence-electron chi connectivity index (χ4n) is 0.604. The van der Waals surface area contributed by atoms with Gasteiger partial charge in [-0.2, -0.15) is 5.26 Å². The molecule has 4 heteroatoms. The summed E-state index contributed by atoms with van der Waals surface area (Å²) in [5.74, 6) is 0. The summed E-state index contributed by atoms with van der Waals surface area (Å²) >= 11 is 0. The van der Waals surface area contributed by atoms with Crippen LogP contribution in [0.15, 0.2) is 24.2 Å². The minimum Gasteiger partial charge on any atom is -0.423 e. The van der Waals surface area contributed by atoms with Crippen molar-refractivity contribution >= 4 is 12.6 Å². The van der Waals surface area contributed by atoms with Gasteiger partial charge in [0.15, 0.2) is 0 Å². The molecule has 0 bridgehead atoms. The van der Waals surface area contributed by atoms with Gasteiger partial charge in [0.05, 0.1) is 17.1 Å². The molecular weight excluding hydrogens is 141 g/mol. The molecule has 0 saturated carbocycles.